The van der Waals surface area contributed by atoms with E-state index in [0.717, 1.165) is 49.8 Å². The third-order valence-corrected chi connectivity index (χ3v) is 8.14. The second-order valence-electron chi connectivity index (χ2n) is 10.9. The molecule has 2 atom stereocenters. The summed E-state index contributed by atoms with van der Waals surface area (Å²) in [7, 11) is 0. The molecule has 0 radical (unpaired) electrons. The predicted octanol–water partition coefficient (Wildman–Crippen LogP) is 6.18. The first kappa shape index (κ1) is 25.9. The van der Waals surface area contributed by atoms with Gasteiger partial charge in [0.2, 0.25) is 5.89 Å². The average molecular weight is 569 g/mol. The van der Waals surface area contributed by atoms with E-state index in [0.29, 0.717) is 29.1 Å². The quantitative estimate of drug-likeness (QED) is 0.269. The lowest BCUT2D eigenvalue weighted by Gasteiger charge is -2.40. The first-order valence-corrected chi connectivity index (χ1v) is 13.7. The lowest BCUT2D eigenvalue weighted by atomic mass is 9.98. The van der Waals surface area contributed by atoms with Crippen molar-refractivity contribution in [2.75, 3.05) is 4.90 Å². The van der Waals surface area contributed by atoms with Crippen LogP contribution in [0.5, 0.6) is 5.75 Å². The molecule has 3 aliphatic rings. The third-order valence-electron chi connectivity index (χ3n) is 8.14. The van der Waals surface area contributed by atoms with Gasteiger partial charge in [-0.15, -0.1) is 18.3 Å². The number of anilines is 1. The number of aromatic amines is 1. The smallest absolute Gasteiger partial charge is 0.405 e. The standard InChI is InChI=1S/C29H27F3N4O5/c30-29(31,32)40-24-4-2-1-3-22(24)25-23(26(41-35-25)16-5-6-16)15-38-21-13-19-11-12-20(14-21)36(19)18-9-7-17(8-10-18)27-33-34-28(37)39-27/h1-4,7-10,16,19-21H,5-6,11-15H2,(H,34,37). The third kappa shape index (κ3) is 5.23. The monoisotopic (exact) mass is 568 g/mol. The van der Waals surface area contributed by atoms with Crippen molar-refractivity contribution in [1.29, 1.82) is 0 Å². The minimum absolute atomic E-state index is 0.00201. The molecule has 3 fully saturated rings. The van der Waals surface area contributed by atoms with Crippen LogP contribution in [-0.2, 0) is 11.3 Å². The largest absolute Gasteiger partial charge is 0.573 e. The average Bonchev–Trinajstić information content (AvgIpc) is 3.46. The molecule has 9 nitrogen and oxygen atoms in total. The van der Waals surface area contributed by atoms with E-state index in [2.05, 4.69) is 25.0 Å². The number of piperidine rings is 1. The molecule has 7 rings (SSSR count). The summed E-state index contributed by atoms with van der Waals surface area (Å²) in [4.78, 5) is 13.7. The fraction of sp³-hybridized carbons (Fsp3) is 0.414. The van der Waals surface area contributed by atoms with Crippen molar-refractivity contribution in [3.05, 3.63) is 70.4 Å². The molecule has 2 unspecified atom stereocenters. The highest BCUT2D eigenvalue weighted by Gasteiger charge is 2.42. The van der Waals surface area contributed by atoms with Crippen LogP contribution in [0.15, 0.2) is 62.3 Å². The van der Waals surface area contributed by atoms with Crippen LogP contribution in [0.25, 0.3) is 22.7 Å². The Bertz CT molecular complexity index is 1580. The molecule has 0 spiro atoms. The van der Waals surface area contributed by atoms with Crippen LogP contribution in [0.1, 0.15) is 55.8 Å². The second kappa shape index (κ2) is 10.1. The Morgan fingerprint density at radius 1 is 1.00 bits per heavy atom. The first-order valence-electron chi connectivity index (χ1n) is 13.7. The SMILES string of the molecule is O=c1[nH]nc(-c2ccc(N3C4CCC3CC(OCc3c(-c5ccccc5OC(F)(F)F)noc3C3CC3)C4)cc2)o1. The molecule has 1 N–H and O–H groups in total. The highest BCUT2D eigenvalue weighted by Crippen LogP contribution is 2.46. The van der Waals surface area contributed by atoms with E-state index in [-0.39, 0.29) is 35.8 Å². The molecule has 214 valence electrons. The maximum atomic E-state index is 13.1. The summed E-state index contributed by atoms with van der Waals surface area (Å²) in [6.45, 7) is 0.207. The van der Waals surface area contributed by atoms with Gasteiger partial charge in [0.15, 0.2) is 0 Å². The van der Waals surface area contributed by atoms with Gasteiger partial charge in [0.1, 0.15) is 17.2 Å². The lowest BCUT2D eigenvalue weighted by molar-refractivity contribution is -0.274. The summed E-state index contributed by atoms with van der Waals surface area (Å²) in [5.41, 5.74) is 3.07. The molecule has 4 heterocycles. The number of hydrogen-bond donors (Lipinski definition) is 1. The number of benzene rings is 2. The van der Waals surface area contributed by atoms with E-state index in [4.69, 9.17) is 13.7 Å². The van der Waals surface area contributed by atoms with Crippen molar-refractivity contribution < 1.29 is 31.6 Å². The summed E-state index contributed by atoms with van der Waals surface area (Å²) in [5, 5.41) is 10.3. The van der Waals surface area contributed by atoms with Gasteiger partial charge in [-0.3, -0.25) is 0 Å². The number of fused-ring (bicyclic) bond motifs is 2. The molecule has 2 aromatic heterocycles. The number of rotatable bonds is 8. The summed E-state index contributed by atoms with van der Waals surface area (Å²) in [5.74, 6) is 0.244. The maximum absolute atomic E-state index is 13.1. The van der Waals surface area contributed by atoms with Gasteiger partial charge in [-0.25, -0.2) is 9.89 Å². The molecule has 0 amide bonds. The molecule has 41 heavy (non-hydrogen) atoms. The summed E-state index contributed by atoms with van der Waals surface area (Å²) >= 11 is 0. The molecular formula is C29H27F3N4O5. The zero-order valence-electron chi connectivity index (χ0n) is 21.9. The van der Waals surface area contributed by atoms with Gasteiger partial charge in [-0.05, 0) is 74.9 Å². The minimum Gasteiger partial charge on any atom is -0.405 e. The van der Waals surface area contributed by atoms with Crippen molar-refractivity contribution >= 4 is 5.69 Å². The van der Waals surface area contributed by atoms with Crippen LogP contribution >= 0.6 is 0 Å². The molecule has 1 aliphatic carbocycles. The predicted molar refractivity (Wildman–Crippen MR) is 140 cm³/mol. The summed E-state index contributed by atoms with van der Waals surface area (Å²) in [6.07, 6.45) is 0.851. The Kier molecular flexibility index (Phi) is 6.37. The van der Waals surface area contributed by atoms with E-state index in [1.54, 1.807) is 12.1 Å². The zero-order chi connectivity index (χ0) is 28.1. The molecule has 2 aromatic carbocycles. The van der Waals surface area contributed by atoms with E-state index in [1.807, 2.05) is 24.3 Å². The molecule has 4 aromatic rings. The number of nitrogens with one attached hydrogen (secondary N) is 1. The molecule has 2 bridgehead atoms. The van der Waals surface area contributed by atoms with Gasteiger partial charge in [-0.2, -0.15) is 0 Å². The van der Waals surface area contributed by atoms with Gasteiger partial charge in [-0.1, -0.05) is 17.3 Å². The van der Waals surface area contributed by atoms with E-state index >= 15 is 0 Å². The lowest BCUT2D eigenvalue weighted by Crippen LogP contribution is -2.45. The number of aromatic nitrogens is 3. The van der Waals surface area contributed by atoms with Crippen LogP contribution in [0.2, 0.25) is 0 Å². The van der Waals surface area contributed by atoms with Gasteiger partial charge in [0.05, 0.1) is 12.7 Å². The van der Waals surface area contributed by atoms with E-state index in [9.17, 15) is 18.0 Å². The number of halogens is 3. The van der Waals surface area contributed by atoms with Crippen molar-refractivity contribution in [3.63, 3.8) is 0 Å². The number of alkyl halides is 3. The van der Waals surface area contributed by atoms with E-state index in [1.165, 1.54) is 12.1 Å². The van der Waals surface area contributed by atoms with Crippen molar-refractivity contribution in [3.8, 4) is 28.5 Å². The van der Waals surface area contributed by atoms with Crippen LogP contribution in [0.4, 0.5) is 18.9 Å². The normalized spacial score (nSPS) is 22.3. The van der Waals surface area contributed by atoms with Crippen molar-refractivity contribution in [2.45, 2.75) is 75.6 Å². The Hall–Kier alpha value is -4.06. The molecule has 2 saturated heterocycles. The fourth-order valence-electron chi connectivity index (χ4n) is 6.23. The molecule has 12 heteroatoms. The van der Waals surface area contributed by atoms with Crippen molar-refractivity contribution in [1.82, 2.24) is 15.4 Å². The van der Waals surface area contributed by atoms with E-state index < -0.39 is 12.1 Å². The molecular weight excluding hydrogens is 541 g/mol. The number of para-hydroxylation sites is 1. The van der Waals surface area contributed by atoms with Gasteiger partial charge >= 0.3 is 12.1 Å². The molecule has 1 saturated carbocycles. The fourth-order valence-corrected chi connectivity index (χ4v) is 6.23. The Labute approximate surface area is 232 Å². The number of H-pyrrole nitrogens is 1. The van der Waals surface area contributed by atoms with Crippen LogP contribution < -0.4 is 15.4 Å². The number of hydrogen-bond acceptors (Lipinski definition) is 8. The number of nitrogens with zero attached hydrogens (tertiary/aromatic N) is 3. The Balaban J connectivity index is 1.07. The maximum Gasteiger partial charge on any atom is 0.573 e. The Morgan fingerprint density at radius 3 is 2.39 bits per heavy atom. The summed E-state index contributed by atoms with van der Waals surface area (Å²) < 4.78 is 60.7. The summed E-state index contributed by atoms with van der Waals surface area (Å²) in [6, 6.07) is 14.4. The molecule has 2 aliphatic heterocycles. The highest BCUT2D eigenvalue weighted by molar-refractivity contribution is 5.70. The van der Waals surface area contributed by atoms with Gasteiger partial charge in [0, 0.05) is 40.4 Å². The Morgan fingerprint density at radius 2 is 1.73 bits per heavy atom. The zero-order valence-corrected chi connectivity index (χ0v) is 21.9. The van der Waals surface area contributed by atoms with Crippen LogP contribution in [0.3, 0.4) is 0 Å². The topological polar surface area (TPSA) is 107 Å². The van der Waals surface area contributed by atoms with Crippen molar-refractivity contribution in [2.24, 2.45) is 0 Å². The van der Waals surface area contributed by atoms with Gasteiger partial charge < -0.3 is 23.3 Å². The second-order valence-corrected chi connectivity index (χ2v) is 10.9. The van der Waals surface area contributed by atoms with Gasteiger partial charge in [0.25, 0.3) is 0 Å². The first-order chi connectivity index (χ1) is 19.8. The highest BCUT2D eigenvalue weighted by atomic mass is 19.4. The minimum atomic E-state index is -4.82. The van der Waals surface area contributed by atoms with Crippen LogP contribution in [0, 0.1) is 0 Å². The number of ether oxygens (including phenoxy) is 2. The van der Waals surface area contributed by atoms with Crippen LogP contribution in [-0.4, -0.2) is 39.9 Å².